The SMILES string of the molecule is CCCCN(CC(=O)N(Cc1ccc(F)cc1)Cc1coc2ccccc2c1=O)C(=O)Nc1cccc(C#N)c1. The molecule has 0 saturated carbocycles. The Morgan fingerprint density at radius 1 is 1.00 bits per heavy atom. The number of anilines is 1. The van der Waals surface area contributed by atoms with Crippen LogP contribution in [0.2, 0.25) is 0 Å². The van der Waals surface area contributed by atoms with Crippen molar-refractivity contribution in [1.29, 1.82) is 5.26 Å². The van der Waals surface area contributed by atoms with E-state index in [4.69, 9.17) is 9.68 Å². The number of urea groups is 1. The standard InChI is InChI=1S/C31H29FN4O4/c1-2-3-15-35(31(39)34-26-8-6-7-23(16-26)17-33)20-29(37)36(18-22-11-13-25(32)14-12-22)19-24-21-40-28-10-5-4-9-27(28)30(24)38/h4-14,16,21H,2-3,15,18-20H2,1H3,(H,34,39). The Hall–Kier alpha value is -4.97. The fraction of sp³-hybridized carbons (Fsp3) is 0.226. The molecule has 4 aromatic rings. The van der Waals surface area contributed by atoms with Gasteiger partial charge in [-0.05, 0) is 54.4 Å². The quantitative estimate of drug-likeness (QED) is 0.279. The van der Waals surface area contributed by atoms with E-state index in [0.717, 1.165) is 6.42 Å². The topological polar surface area (TPSA) is 107 Å². The molecule has 0 fully saturated rings. The number of hydrogen-bond acceptors (Lipinski definition) is 5. The normalized spacial score (nSPS) is 10.6. The lowest BCUT2D eigenvalue weighted by Crippen LogP contribution is -2.44. The Labute approximate surface area is 231 Å². The second kappa shape index (κ2) is 13.2. The monoisotopic (exact) mass is 540 g/mol. The van der Waals surface area contributed by atoms with Crippen LogP contribution < -0.4 is 10.7 Å². The molecule has 1 aromatic heterocycles. The van der Waals surface area contributed by atoms with E-state index >= 15 is 0 Å². The van der Waals surface area contributed by atoms with Crippen LogP contribution >= 0.6 is 0 Å². The maximum Gasteiger partial charge on any atom is 0.322 e. The molecule has 0 aliphatic carbocycles. The smallest absolute Gasteiger partial charge is 0.322 e. The van der Waals surface area contributed by atoms with Gasteiger partial charge in [0.15, 0.2) is 5.43 Å². The van der Waals surface area contributed by atoms with E-state index < -0.39 is 17.8 Å². The third-order valence-corrected chi connectivity index (χ3v) is 6.39. The number of unbranched alkanes of at least 4 members (excludes halogenated alkanes) is 1. The molecule has 0 unspecified atom stereocenters. The summed E-state index contributed by atoms with van der Waals surface area (Å²) in [7, 11) is 0. The number of fused-ring (bicyclic) bond motifs is 1. The van der Waals surface area contributed by atoms with Gasteiger partial charge in [-0.1, -0.05) is 43.7 Å². The highest BCUT2D eigenvalue weighted by atomic mass is 19.1. The molecule has 3 amide bonds. The van der Waals surface area contributed by atoms with Crippen molar-refractivity contribution in [2.24, 2.45) is 0 Å². The Morgan fingerprint density at radius 3 is 2.52 bits per heavy atom. The Balaban J connectivity index is 1.59. The highest BCUT2D eigenvalue weighted by Gasteiger charge is 2.23. The van der Waals surface area contributed by atoms with Crippen molar-refractivity contribution in [3.8, 4) is 6.07 Å². The number of hydrogen-bond donors (Lipinski definition) is 1. The Bertz CT molecular complexity index is 1590. The average molecular weight is 541 g/mol. The van der Waals surface area contributed by atoms with Gasteiger partial charge in [-0.15, -0.1) is 0 Å². The van der Waals surface area contributed by atoms with Crippen LogP contribution in [-0.4, -0.2) is 34.8 Å². The molecule has 204 valence electrons. The van der Waals surface area contributed by atoms with Crippen molar-refractivity contribution in [3.05, 3.63) is 112 Å². The number of nitrogens with zero attached hydrogens (tertiary/aromatic N) is 3. The van der Waals surface area contributed by atoms with Gasteiger partial charge in [0.2, 0.25) is 5.91 Å². The number of benzene rings is 3. The average Bonchev–Trinajstić information content (AvgIpc) is 2.97. The molecule has 0 spiro atoms. The van der Waals surface area contributed by atoms with Crippen LogP contribution in [0.15, 0.2) is 88.3 Å². The predicted octanol–water partition coefficient (Wildman–Crippen LogP) is 5.67. The third kappa shape index (κ3) is 7.11. The fourth-order valence-electron chi connectivity index (χ4n) is 4.21. The van der Waals surface area contributed by atoms with Gasteiger partial charge in [0.25, 0.3) is 0 Å². The molecular formula is C31H29FN4O4. The molecule has 40 heavy (non-hydrogen) atoms. The van der Waals surface area contributed by atoms with Crippen molar-refractivity contribution in [3.63, 3.8) is 0 Å². The minimum atomic E-state index is -0.483. The molecule has 0 radical (unpaired) electrons. The first-order valence-electron chi connectivity index (χ1n) is 13.0. The molecule has 0 atom stereocenters. The predicted molar refractivity (Wildman–Crippen MR) is 150 cm³/mol. The summed E-state index contributed by atoms with van der Waals surface area (Å²) in [6.45, 7) is 2.10. The lowest BCUT2D eigenvalue weighted by molar-refractivity contribution is -0.133. The summed E-state index contributed by atoms with van der Waals surface area (Å²) in [5.41, 5.74) is 1.97. The minimum absolute atomic E-state index is 0.0587. The molecule has 8 nitrogen and oxygen atoms in total. The van der Waals surface area contributed by atoms with Gasteiger partial charge in [-0.25, -0.2) is 9.18 Å². The van der Waals surface area contributed by atoms with Gasteiger partial charge in [-0.3, -0.25) is 9.59 Å². The van der Waals surface area contributed by atoms with E-state index in [1.807, 2.05) is 13.0 Å². The van der Waals surface area contributed by atoms with E-state index in [1.165, 1.54) is 28.2 Å². The largest absolute Gasteiger partial charge is 0.464 e. The summed E-state index contributed by atoms with van der Waals surface area (Å²) in [5.74, 6) is -0.798. The molecule has 0 bridgehead atoms. The molecule has 3 aromatic carbocycles. The van der Waals surface area contributed by atoms with Gasteiger partial charge < -0.3 is 19.5 Å². The lowest BCUT2D eigenvalue weighted by atomic mass is 10.1. The maximum absolute atomic E-state index is 13.7. The first-order valence-corrected chi connectivity index (χ1v) is 13.0. The molecular weight excluding hydrogens is 511 g/mol. The van der Waals surface area contributed by atoms with Crippen LogP contribution in [0.5, 0.6) is 0 Å². The van der Waals surface area contributed by atoms with Crippen molar-refractivity contribution in [2.45, 2.75) is 32.9 Å². The van der Waals surface area contributed by atoms with E-state index in [0.29, 0.717) is 40.7 Å². The molecule has 1 N–H and O–H groups in total. The van der Waals surface area contributed by atoms with Crippen LogP contribution in [-0.2, 0) is 17.9 Å². The van der Waals surface area contributed by atoms with E-state index in [2.05, 4.69) is 5.32 Å². The number of para-hydroxylation sites is 1. The number of amides is 3. The summed E-state index contributed by atoms with van der Waals surface area (Å²) in [5, 5.41) is 12.3. The van der Waals surface area contributed by atoms with Gasteiger partial charge in [0.05, 0.1) is 35.4 Å². The highest BCUT2D eigenvalue weighted by Crippen LogP contribution is 2.16. The summed E-state index contributed by atoms with van der Waals surface area (Å²) < 4.78 is 19.2. The maximum atomic E-state index is 13.7. The van der Waals surface area contributed by atoms with E-state index in [9.17, 15) is 18.8 Å². The number of nitriles is 1. The van der Waals surface area contributed by atoms with Crippen molar-refractivity contribution < 1.29 is 18.4 Å². The Morgan fingerprint density at radius 2 is 1.77 bits per heavy atom. The molecule has 1 heterocycles. The number of carbonyl (C=O) groups excluding carboxylic acids is 2. The molecule has 0 aliphatic heterocycles. The van der Waals surface area contributed by atoms with Crippen molar-refractivity contribution in [2.75, 3.05) is 18.4 Å². The summed E-state index contributed by atoms with van der Waals surface area (Å²) in [4.78, 5) is 42.9. The first-order chi connectivity index (χ1) is 19.4. The molecule has 4 rings (SSSR count). The molecule has 9 heteroatoms. The van der Waals surface area contributed by atoms with Crippen LogP contribution in [0.25, 0.3) is 11.0 Å². The zero-order valence-electron chi connectivity index (χ0n) is 22.1. The number of carbonyl (C=O) groups is 2. The van der Waals surface area contributed by atoms with Crippen molar-refractivity contribution >= 4 is 28.6 Å². The first kappa shape index (κ1) is 28.0. The van der Waals surface area contributed by atoms with E-state index in [-0.39, 0.29) is 30.6 Å². The summed E-state index contributed by atoms with van der Waals surface area (Å²) >= 11 is 0. The molecule has 0 saturated heterocycles. The summed E-state index contributed by atoms with van der Waals surface area (Å²) in [6, 6.07) is 20.7. The van der Waals surface area contributed by atoms with Crippen LogP contribution in [0.1, 0.15) is 36.5 Å². The van der Waals surface area contributed by atoms with Gasteiger partial charge in [-0.2, -0.15) is 5.26 Å². The second-order valence-electron chi connectivity index (χ2n) is 9.36. The van der Waals surface area contributed by atoms with Crippen LogP contribution in [0.3, 0.4) is 0 Å². The number of halogens is 1. The van der Waals surface area contributed by atoms with Gasteiger partial charge >= 0.3 is 6.03 Å². The van der Waals surface area contributed by atoms with Crippen LogP contribution in [0.4, 0.5) is 14.9 Å². The van der Waals surface area contributed by atoms with Crippen LogP contribution in [0, 0.1) is 17.1 Å². The zero-order valence-corrected chi connectivity index (χ0v) is 22.1. The Kier molecular flexibility index (Phi) is 9.26. The fourth-order valence-corrected chi connectivity index (χ4v) is 4.21. The zero-order chi connectivity index (χ0) is 28.5. The summed E-state index contributed by atoms with van der Waals surface area (Å²) in [6.07, 6.45) is 2.82. The number of rotatable bonds is 10. The third-order valence-electron chi connectivity index (χ3n) is 6.39. The highest BCUT2D eigenvalue weighted by molar-refractivity contribution is 5.92. The van der Waals surface area contributed by atoms with Gasteiger partial charge in [0.1, 0.15) is 17.9 Å². The van der Waals surface area contributed by atoms with E-state index in [1.54, 1.807) is 60.7 Å². The second-order valence-corrected chi connectivity index (χ2v) is 9.36. The molecule has 0 aliphatic rings. The minimum Gasteiger partial charge on any atom is -0.464 e. The van der Waals surface area contributed by atoms with Crippen molar-refractivity contribution in [1.82, 2.24) is 9.80 Å². The van der Waals surface area contributed by atoms with Gasteiger partial charge in [0, 0.05) is 18.8 Å². The lowest BCUT2D eigenvalue weighted by Gasteiger charge is -2.28. The number of nitrogens with one attached hydrogen (secondary N) is 1.